The van der Waals surface area contributed by atoms with E-state index in [0.29, 0.717) is 11.8 Å². The van der Waals surface area contributed by atoms with Gasteiger partial charge in [-0.1, -0.05) is 40.2 Å². The minimum Gasteiger partial charge on any atom is -0.324 e. The molecule has 0 amide bonds. The molecule has 3 atom stereocenters. The third-order valence-corrected chi connectivity index (χ3v) is 2.93. The van der Waals surface area contributed by atoms with E-state index in [9.17, 15) is 4.79 Å². The molecule has 0 aromatic carbocycles. The van der Waals surface area contributed by atoms with Gasteiger partial charge in [0.25, 0.3) is 0 Å². The maximum atomic E-state index is 10.5. The van der Waals surface area contributed by atoms with Gasteiger partial charge in [0.2, 0.25) is 0 Å². The van der Waals surface area contributed by atoms with Crippen LogP contribution in [-0.4, -0.2) is 12.3 Å². The Morgan fingerprint density at radius 1 is 1.57 bits per heavy atom. The lowest BCUT2D eigenvalue weighted by atomic mass is 9.77. The van der Waals surface area contributed by atoms with E-state index in [1.165, 1.54) is 0 Å². The molecule has 0 saturated heterocycles. The molecular formula is C12H23NO. The maximum Gasteiger partial charge on any atom is 0.145 e. The molecule has 2 N–H and O–H groups in total. The Kier molecular flexibility index (Phi) is 6.46. The lowest BCUT2D eigenvalue weighted by Gasteiger charge is -2.31. The van der Waals surface area contributed by atoms with Gasteiger partial charge in [-0.3, -0.25) is 4.79 Å². The quantitative estimate of drug-likeness (QED) is 0.691. The van der Waals surface area contributed by atoms with Gasteiger partial charge in [0, 0.05) is 6.04 Å². The van der Waals surface area contributed by atoms with Crippen LogP contribution >= 0.6 is 0 Å². The van der Waals surface area contributed by atoms with Gasteiger partial charge >= 0.3 is 0 Å². The van der Waals surface area contributed by atoms with Gasteiger partial charge in [0.1, 0.15) is 6.29 Å². The van der Waals surface area contributed by atoms with Gasteiger partial charge in [-0.05, 0) is 23.8 Å². The fourth-order valence-electron chi connectivity index (χ4n) is 1.87. The van der Waals surface area contributed by atoms with Gasteiger partial charge in [-0.25, -0.2) is 0 Å². The van der Waals surface area contributed by atoms with Crippen molar-refractivity contribution in [1.82, 2.24) is 0 Å². The van der Waals surface area contributed by atoms with Gasteiger partial charge in [0.15, 0.2) is 0 Å². The number of hydrogen-bond acceptors (Lipinski definition) is 2. The second kappa shape index (κ2) is 6.77. The normalized spacial score (nSPS) is 31.2. The first-order valence-corrected chi connectivity index (χ1v) is 5.60. The molecule has 0 bridgehead atoms. The Morgan fingerprint density at radius 2 is 2.14 bits per heavy atom. The molecule has 0 aromatic heterocycles. The lowest BCUT2D eigenvalue weighted by molar-refractivity contribution is -0.105. The van der Waals surface area contributed by atoms with Crippen LogP contribution in [-0.2, 0) is 4.79 Å². The highest BCUT2D eigenvalue weighted by molar-refractivity contribution is 5.73. The molecule has 14 heavy (non-hydrogen) atoms. The van der Waals surface area contributed by atoms with E-state index < -0.39 is 0 Å². The smallest absolute Gasteiger partial charge is 0.145 e. The molecule has 82 valence electrons. The third-order valence-electron chi connectivity index (χ3n) is 2.93. The number of hydrogen-bond donors (Lipinski definition) is 1. The van der Waals surface area contributed by atoms with Crippen molar-refractivity contribution >= 4 is 6.29 Å². The fourth-order valence-corrected chi connectivity index (χ4v) is 1.87. The fraction of sp³-hybridized carbons (Fsp3) is 0.750. The Labute approximate surface area is 87.6 Å². The molecule has 2 heteroatoms. The molecule has 0 fully saturated rings. The van der Waals surface area contributed by atoms with E-state index in [2.05, 4.69) is 13.8 Å². The topological polar surface area (TPSA) is 43.1 Å². The van der Waals surface area contributed by atoms with Crippen molar-refractivity contribution in [1.29, 1.82) is 0 Å². The number of allylic oxidation sites excluding steroid dienone is 1. The van der Waals surface area contributed by atoms with E-state index >= 15 is 0 Å². The van der Waals surface area contributed by atoms with Crippen LogP contribution in [0.1, 0.15) is 40.5 Å². The summed E-state index contributed by atoms with van der Waals surface area (Å²) in [5.41, 5.74) is 6.76. The van der Waals surface area contributed by atoms with Crippen molar-refractivity contribution in [2.24, 2.45) is 17.6 Å². The Morgan fingerprint density at radius 3 is 2.57 bits per heavy atom. The van der Waals surface area contributed by atoms with Crippen molar-refractivity contribution in [3.63, 3.8) is 0 Å². The minimum atomic E-state index is 0.0731. The second-order valence-corrected chi connectivity index (χ2v) is 3.67. The molecule has 0 heterocycles. The molecule has 0 radical (unpaired) electrons. The molecule has 1 rings (SSSR count). The summed E-state index contributed by atoms with van der Waals surface area (Å²) in [5.74, 6) is 1.10. The number of carbonyl (C=O) groups excluding carboxylic acids is 1. The van der Waals surface area contributed by atoms with Crippen LogP contribution in [0.4, 0.5) is 0 Å². The van der Waals surface area contributed by atoms with Crippen LogP contribution in [0.25, 0.3) is 0 Å². The average molecular weight is 197 g/mol. The third kappa shape index (κ3) is 3.26. The zero-order valence-corrected chi connectivity index (χ0v) is 9.79. The predicted octanol–water partition coefficient (Wildman–Crippen LogP) is 2.53. The second-order valence-electron chi connectivity index (χ2n) is 3.67. The summed E-state index contributed by atoms with van der Waals surface area (Å²) in [4.78, 5) is 10.5. The summed E-state index contributed by atoms with van der Waals surface area (Å²) in [7, 11) is 0. The highest BCUT2D eigenvalue weighted by Gasteiger charge is 2.25. The molecule has 1 aliphatic carbocycles. The summed E-state index contributed by atoms with van der Waals surface area (Å²) in [5, 5.41) is 0. The lowest BCUT2D eigenvalue weighted by Crippen LogP contribution is -2.35. The molecular weight excluding hydrogens is 174 g/mol. The van der Waals surface area contributed by atoms with E-state index in [0.717, 1.165) is 24.7 Å². The van der Waals surface area contributed by atoms with E-state index in [4.69, 9.17) is 5.73 Å². The SMILES string of the molecule is CC.CCC1CC(C=O)=CC(N)C1C. The molecule has 0 spiro atoms. The summed E-state index contributed by atoms with van der Waals surface area (Å²) in [6.45, 7) is 8.32. The van der Waals surface area contributed by atoms with Crippen LogP contribution < -0.4 is 5.73 Å². The first kappa shape index (κ1) is 13.4. The number of rotatable bonds is 2. The van der Waals surface area contributed by atoms with Crippen LogP contribution in [0.2, 0.25) is 0 Å². The van der Waals surface area contributed by atoms with Crippen LogP contribution in [0, 0.1) is 11.8 Å². The highest BCUT2D eigenvalue weighted by Crippen LogP contribution is 2.29. The van der Waals surface area contributed by atoms with Crippen LogP contribution in [0.15, 0.2) is 11.6 Å². The average Bonchev–Trinajstić information content (AvgIpc) is 2.24. The Hall–Kier alpha value is -0.630. The van der Waals surface area contributed by atoms with Crippen molar-refractivity contribution in [3.8, 4) is 0 Å². The summed E-state index contributed by atoms with van der Waals surface area (Å²) >= 11 is 0. The number of aldehydes is 1. The first-order valence-electron chi connectivity index (χ1n) is 5.60. The minimum absolute atomic E-state index is 0.0731. The number of carbonyl (C=O) groups is 1. The molecule has 3 unspecified atom stereocenters. The van der Waals surface area contributed by atoms with Gasteiger partial charge in [0.05, 0.1) is 0 Å². The highest BCUT2D eigenvalue weighted by atomic mass is 16.1. The summed E-state index contributed by atoms with van der Waals surface area (Å²) < 4.78 is 0. The number of nitrogens with two attached hydrogens (primary N) is 1. The summed E-state index contributed by atoms with van der Waals surface area (Å²) in [6.07, 6.45) is 4.87. The van der Waals surface area contributed by atoms with E-state index in [-0.39, 0.29) is 6.04 Å². The van der Waals surface area contributed by atoms with E-state index in [1.807, 2.05) is 19.9 Å². The monoisotopic (exact) mass is 197 g/mol. The van der Waals surface area contributed by atoms with Crippen molar-refractivity contribution in [3.05, 3.63) is 11.6 Å². The standard InChI is InChI=1S/C10H17NO.C2H6/c1-3-9-4-8(6-12)5-10(11)7(9)2;1-2/h5-7,9-10H,3-4,11H2,1-2H3;1-2H3. The molecule has 0 saturated carbocycles. The zero-order chi connectivity index (χ0) is 11.1. The Balaban J connectivity index is 0.000000791. The van der Waals surface area contributed by atoms with Gasteiger partial charge in [-0.2, -0.15) is 0 Å². The largest absolute Gasteiger partial charge is 0.324 e. The van der Waals surface area contributed by atoms with Crippen molar-refractivity contribution in [2.45, 2.75) is 46.6 Å². The molecule has 2 nitrogen and oxygen atoms in total. The van der Waals surface area contributed by atoms with Crippen molar-refractivity contribution < 1.29 is 4.79 Å². The predicted molar refractivity (Wildman–Crippen MR) is 61.0 cm³/mol. The van der Waals surface area contributed by atoms with Gasteiger partial charge < -0.3 is 5.73 Å². The molecule has 1 aliphatic rings. The molecule has 0 aliphatic heterocycles. The first-order chi connectivity index (χ1) is 6.69. The van der Waals surface area contributed by atoms with Crippen LogP contribution in [0.5, 0.6) is 0 Å². The van der Waals surface area contributed by atoms with E-state index in [1.54, 1.807) is 0 Å². The summed E-state index contributed by atoms with van der Waals surface area (Å²) in [6, 6.07) is 0.0731. The molecule has 0 aromatic rings. The van der Waals surface area contributed by atoms with Crippen LogP contribution in [0.3, 0.4) is 0 Å². The maximum absolute atomic E-state index is 10.5. The zero-order valence-electron chi connectivity index (χ0n) is 9.79. The van der Waals surface area contributed by atoms with Crippen molar-refractivity contribution in [2.75, 3.05) is 0 Å². The van der Waals surface area contributed by atoms with Gasteiger partial charge in [-0.15, -0.1) is 0 Å². The Bertz CT molecular complexity index is 198.